The topological polar surface area (TPSA) is 54.3 Å². The number of benzene rings is 2. The number of likely N-dealkylation sites (N-methyl/N-ethyl adjacent to an activating group) is 1. The number of halogens is 2. The molecule has 1 N–H and O–H groups in total. The number of para-hydroxylation sites is 1. The van der Waals surface area contributed by atoms with Crippen molar-refractivity contribution in [1.29, 1.82) is 0 Å². The highest BCUT2D eigenvalue weighted by molar-refractivity contribution is 7.89. The van der Waals surface area contributed by atoms with Crippen molar-refractivity contribution in [2.24, 2.45) is 7.05 Å². The molecular weight excluding hydrogens is 389 g/mol. The van der Waals surface area contributed by atoms with Crippen LogP contribution in [0.4, 0.5) is 4.39 Å². The molecule has 0 saturated heterocycles. The first-order valence-electron chi connectivity index (χ1n) is 8.36. The van der Waals surface area contributed by atoms with E-state index in [4.69, 9.17) is 11.6 Å². The van der Waals surface area contributed by atoms with E-state index in [1.54, 1.807) is 0 Å². The fourth-order valence-electron chi connectivity index (χ4n) is 3.13. The second-order valence-electron chi connectivity index (χ2n) is 6.62. The van der Waals surface area contributed by atoms with Gasteiger partial charge in [0.15, 0.2) is 0 Å². The zero-order valence-corrected chi connectivity index (χ0v) is 16.9. The van der Waals surface area contributed by atoms with Gasteiger partial charge in [-0.3, -0.25) is 0 Å². The number of fused-ring (bicyclic) bond motifs is 1. The van der Waals surface area contributed by atoms with E-state index >= 15 is 0 Å². The number of aryl methyl sites for hydroxylation is 1. The minimum atomic E-state index is -3.82. The highest BCUT2D eigenvalue weighted by Crippen LogP contribution is 2.28. The number of nitrogens with zero attached hydrogens (tertiary/aromatic N) is 2. The van der Waals surface area contributed by atoms with Gasteiger partial charge in [0.25, 0.3) is 0 Å². The number of aromatic nitrogens is 1. The molecule has 144 valence electrons. The van der Waals surface area contributed by atoms with E-state index in [1.807, 2.05) is 61.1 Å². The van der Waals surface area contributed by atoms with E-state index < -0.39 is 15.8 Å². The number of sulfonamides is 1. The fraction of sp³-hybridized carbons (Fsp3) is 0.263. The van der Waals surface area contributed by atoms with Gasteiger partial charge >= 0.3 is 0 Å². The number of hydrogen-bond donors (Lipinski definition) is 1. The van der Waals surface area contributed by atoms with Gasteiger partial charge in [-0.15, -0.1) is 0 Å². The second-order valence-corrected chi connectivity index (χ2v) is 8.79. The first-order chi connectivity index (χ1) is 12.7. The van der Waals surface area contributed by atoms with Crippen LogP contribution >= 0.6 is 11.6 Å². The Morgan fingerprint density at radius 2 is 1.93 bits per heavy atom. The van der Waals surface area contributed by atoms with Crippen molar-refractivity contribution in [3.05, 3.63) is 65.1 Å². The molecule has 8 heteroatoms. The van der Waals surface area contributed by atoms with Crippen molar-refractivity contribution in [2.75, 3.05) is 20.6 Å². The maximum Gasteiger partial charge on any atom is 0.240 e. The van der Waals surface area contributed by atoms with E-state index in [0.29, 0.717) is 0 Å². The van der Waals surface area contributed by atoms with Gasteiger partial charge in [0, 0.05) is 36.7 Å². The van der Waals surface area contributed by atoms with E-state index in [9.17, 15) is 12.8 Å². The van der Waals surface area contributed by atoms with E-state index in [2.05, 4.69) is 4.72 Å². The largest absolute Gasteiger partial charge is 0.350 e. The summed E-state index contributed by atoms with van der Waals surface area (Å²) >= 11 is 5.72. The van der Waals surface area contributed by atoms with E-state index in [-0.39, 0.29) is 22.5 Å². The van der Waals surface area contributed by atoms with Crippen LogP contribution in [0.5, 0.6) is 0 Å². The van der Waals surface area contributed by atoms with Crippen molar-refractivity contribution >= 4 is 32.5 Å². The minimum Gasteiger partial charge on any atom is -0.350 e. The molecule has 0 amide bonds. The third-order valence-electron chi connectivity index (χ3n) is 4.58. The summed E-state index contributed by atoms with van der Waals surface area (Å²) < 4.78 is 43.2. The molecule has 3 aromatic rings. The van der Waals surface area contributed by atoms with Crippen LogP contribution in [-0.2, 0) is 17.1 Å². The predicted octanol–water partition coefficient (Wildman–Crippen LogP) is 3.55. The van der Waals surface area contributed by atoms with Gasteiger partial charge in [0.1, 0.15) is 5.82 Å². The summed E-state index contributed by atoms with van der Waals surface area (Å²) in [5, 5.41) is 0.846. The summed E-state index contributed by atoms with van der Waals surface area (Å²) in [6, 6.07) is 11.2. The van der Waals surface area contributed by atoms with Crippen molar-refractivity contribution in [3.63, 3.8) is 0 Å². The van der Waals surface area contributed by atoms with Crippen molar-refractivity contribution < 1.29 is 12.8 Å². The molecule has 1 aromatic heterocycles. The fourth-order valence-corrected chi connectivity index (χ4v) is 4.43. The molecule has 0 saturated carbocycles. The summed E-state index contributed by atoms with van der Waals surface area (Å²) in [6.45, 7) is 0.165. The number of nitrogens with one attached hydrogen (secondary N) is 1. The van der Waals surface area contributed by atoms with Crippen LogP contribution in [0, 0.1) is 5.82 Å². The summed E-state index contributed by atoms with van der Waals surface area (Å²) in [6.07, 6.45) is 2.01. The van der Waals surface area contributed by atoms with Crippen molar-refractivity contribution in [2.45, 2.75) is 10.9 Å². The lowest BCUT2D eigenvalue weighted by Gasteiger charge is -2.24. The minimum absolute atomic E-state index is 0.0654. The van der Waals surface area contributed by atoms with Gasteiger partial charge in [-0.1, -0.05) is 29.8 Å². The Bertz CT molecular complexity index is 1080. The lowest BCUT2D eigenvalue weighted by atomic mass is 10.1. The molecular formula is C19H21ClFN3O2S. The molecule has 0 aliphatic carbocycles. The molecule has 5 nitrogen and oxygen atoms in total. The molecule has 3 rings (SSSR count). The normalized spacial score (nSPS) is 13.4. The monoisotopic (exact) mass is 409 g/mol. The van der Waals surface area contributed by atoms with Crippen molar-refractivity contribution in [3.8, 4) is 0 Å². The van der Waals surface area contributed by atoms with Crippen LogP contribution in [0.25, 0.3) is 10.9 Å². The quantitative estimate of drug-likeness (QED) is 0.677. The molecule has 2 aromatic carbocycles. The van der Waals surface area contributed by atoms with Gasteiger partial charge in [0.05, 0.1) is 9.92 Å². The molecule has 1 heterocycles. The van der Waals surface area contributed by atoms with Crippen LogP contribution in [0.2, 0.25) is 5.02 Å². The van der Waals surface area contributed by atoms with Crippen LogP contribution < -0.4 is 4.72 Å². The summed E-state index contributed by atoms with van der Waals surface area (Å²) in [5.41, 5.74) is 2.10. The predicted molar refractivity (Wildman–Crippen MR) is 106 cm³/mol. The molecule has 0 bridgehead atoms. The van der Waals surface area contributed by atoms with Crippen molar-refractivity contribution in [1.82, 2.24) is 14.2 Å². The lowest BCUT2D eigenvalue weighted by molar-refractivity contribution is 0.301. The number of rotatable bonds is 6. The van der Waals surface area contributed by atoms with Gasteiger partial charge in [-0.05, 0) is 43.9 Å². The molecule has 0 radical (unpaired) electrons. The van der Waals surface area contributed by atoms with Gasteiger partial charge in [-0.2, -0.15) is 0 Å². The molecule has 0 aliphatic heterocycles. The lowest BCUT2D eigenvalue weighted by Crippen LogP contribution is -2.34. The Morgan fingerprint density at radius 1 is 1.22 bits per heavy atom. The molecule has 27 heavy (non-hydrogen) atoms. The third kappa shape index (κ3) is 4.01. The van der Waals surface area contributed by atoms with Gasteiger partial charge in [-0.25, -0.2) is 17.5 Å². The molecule has 0 unspecified atom stereocenters. The van der Waals surface area contributed by atoms with E-state index in [0.717, 1.165) is 28.6 Å². The second kappa shape index (κ2) is 7.59. The molecule has 1 atom stereocenters. The standard InChI is InChI=1S/C19H21ClFN3O2S/c1-23(2)19(15-12-24(3)18-7-5-4-6-14(15)18)11-22-27(25,26)13-8-9-17(21)16(20)10-13/h4-10,12,19,22H,11H2,1-3H3/t19-/m1/s1. The summed E-state index contributed by atoms with van der Waals surface area (Å²) in [4.78, 5) is 1.89. The first kappa shape index (κ1) is 19.8. The molecule has 0 aliphatic rings. The highest BCUT2D eigenvalue weighted by Gasteiger charge is 2.23. The van der Waals surface area contributed by atoms with Crippen LogP contribution in [-0.4, -0.2) is 38.5 Å². The van der Waals surface area contributed by atoms with Crippen LogP contribution in [0.3, 0.4) is 0 Å². The Labute approximate surface area is 163 Å². The smallest absolute Gasteiger partial charge is 0.240 e. The summed E-state index contributed by atoms with van der Waals surface area (Å²) in [7, 11) is 1.94. The average molecular weight is 410 g/mol. The maximum absolute atomic E-state index is 13.3. The van der Waals surface area contributed by atoms with Crippen LogP contribution in [0.15, 0.2) is 53.6 Å². The molecule has 0 fully saturated rings. The van der Waals surface area contributed by atoms with Gasteiger partial charge in [0.2, 0.25) is 10.0 Å². The zero-order chi connectivity index (χ0) is 19.8. The Morgan fingerprint density at radius 3 is 2.59 bits per heavy atom. The Balaban J connectivity index is 1.90. The number of hydrogen-bond acceptors (Lipinski definition) is 3. The third-order valence-corrected chi connectivity index (χ3v) is 6.29. The molecule has 0 spiro atoms. The first-order valence-corrected chi connectivity index (χ1v) is 10.2. The van der Waals surface area contributed by atoms with E-state index in [1.165, 1.54) is 6.07 Å². The van der Waals surface area contributed by atoms with Crippen LogP contribution in [0.1, 0.15) is 11.6 Å². The Kier molecular flexibility index (Phi) is 5.58. The van der Waals surface area contributed by atoms with Gasteiger partial charge < -0.3 is 9.47 Å². The Hall–Kier alpha value is -1.93. The SMILES string of the molecule is CN(C)[C@H](CNS(=O)(=O)c1ccc(F)c(Cl)c1)c1cn(C)c2ccccc12. The maximum atomic E-state index is 13.3. The highest BCUT2D eigenvalue weighted by atomic mass is 35.5. The average Bonchev–Trinajstić information content (AvgIpc) is 2.94. The summed E-state index contributed by atoms with van der Waals surface area (Å²) in [5.74, 6) is -0.655. The zero-order valence-electron chi connectivity index (χ0n) is 15.3.